The number of nitrogens with one attached hydrogen (secondary N) is 2. The van der Waals surface area contributed by atoms with Crippen molar-refractivity contribution in [1.29, 1.82) is 0 Å². The predicted octanol–water partition coefficient (Wildman–Crippen LogP) is 3.53. The summed E-state index contributed by atoms with van der Waals surface area (Å²) in [5.41, 5.74) is 3.77. The minimum atomic E-state index is -3.71. The van der Waals surface area contributed by atoms with E-state index in [1.807, 2.05) is 24.4 Å². The minimum absolute atomic E-state index is 0.0862. The molecule has 0 unspecified atom stereocenters. The Hall–Kier alpha value is -2.88. The molecule has 7 nitrogen and oxygen atoms in total. The largest absolute Gasteiger partial charge is 0.364 e. The molecule has 0 saturated carbocycles. The van der Waals surface area contributed by atoms with E-state index < -0.39 is 10.0 Å². The monoisotopic (exact) mass is 439 g/mol. The molecule has 2 aromatic carbocycles. The molecule has 0 spiro atoms. The fourth-order valence-electron chi connectivity index (χ4n) is 3.21. The third-order valence-electron chi connectivity index (χ3n) is 4.71. The molecular formula is C21H21N5O2S2. The Labute approximate surface area is 179 Å². The fraction of sp³-hybridized carbons (Fsp3) is 0.143. The van der Waals surface area contributed by atoms with Crippen molar-refractivity contribution in [2.45, 2.75) is 22.8 Å². The Kier molecular flexibility index (Phi) is 5.76. The van der Waals surface area contributed by atoms with Gasteiger partial charge >= 0.3 is 0 Å². The third-order valence-corrected chi connectivity index (χ3v) is 6.47. The SMILES string of the molecule is CSc1ccccc1CNc1nc(Cc2ccc(S(N)(=O)=O)cc2)nc2cc[nH]c12. The summed E-state index contributed by atoms with van der Waals surface area (Å²) in [5, 5.41) is 8.59. The van der Waals surface area contributed by atoms with Gasteiger partial charge in [-0.2, -0.15) is 0 Å². The highest BCUT2D eigenvalue weighted by atomic mass is 32.2. The molecule has 4 rings (SSSR count). The van der Waals surface area contributed by atoms with Crippen molar-refractivity contribution in [3.05, 3.63) is 77.7 Å². The highest BCUT2D eigenvalue weighted by Gasteiger charge is 2.12. The van der Waals surface area contributed by atoms with Crippen LogP contribution in [0.1, 0.15) is 17.0 Å². The number of hydrogen-bond donors (Lipinski definition) is 3. The van der Waals surface area contributed by atoms with E-state index in [9.17, 15) is 8.42 Å². The summed E-state index contributed by atoms with van der Waals surface area (Å²) in [5.74, 6) is 1.38. The molecule has 4 aromatic rings. The van der Waals surface area contributed by atoms with E-state index in [1.54, 1.807) is 23.9 Å². The number of rotatable bonds is 7. The Balaban J connectivity index is 1.59. The highest BCUT2D eigenvalue weighted by molar-refractivity contribution is 7.98. The molecule has 154 valence electrons. The molecule has 2 aromatic heterocycles. The number of anilines is 1. The van der Waals surface area contributed by atoms with Crippen LogP contribution < -0.4 is 10.5 Å². The summed E-state index contributed by atoms with van der Waals surface area (Å²) in [4.78, 5) is 13.8. The van der Waals surface area contributed by atoms with Gasteiger partial charge in [-0.3, -0.25) is 0 Å². The minimum Gasteiger partial charge on any atom is -0.364 e. The average Bonchev–Trinajstić information content (AvgIpc) is 3.21. The van der Waals surface area contributed by atoms with Gasteiger partial charge in [-0.15, -0.1) is 11.8 Å². The van der Waals surface area contributed by atoms with Crippen LogP contribution in [0.3, 0.4) is 0 Å². The molecule has 0 aliphatic carbocycles. The Morgan fingerprint density at radius 1 is 1.07 bits per heavy atom. The van der Waals surface area contributed by atoms with E-state index in [1.165, 1.54) is 22.6 Å². The molecule has 0 saturated heterocycles. The first-order valence-electron chi connectivity index (χ1n) is 9.25. The van der Waals surface area contributed by atoms with E-state index in [0.717, 1.165) is 22.4 Å². The van der Waals surface area contributed by atoms with Crippen molar-refractivity contribution >= 4 is 38.6 Å². The summed E-state index contributed by atoms with van der Waals surface area (Å²) >= 11 is 1.71. The topological polar surface area (TPSA) is 114 Å². The lowest BCUT2D eigenvalue weighted by atomic mass is 10.1. The average molecular weight is 440 g/mol. The van der Waals surface area contributed by atoms with Crippen LogP contribution in [0.25, 0.3) is 11.0 Å². The van der Waals surface area contributed by atoms with Gasteiger partial charge in [0.05, 0.1) is 10.4 Å². The van der Waals surface area contributed by atoms with E-state index in [4.69, 9.17) is 10.1 Å². The molecule has 0 fully saturated rings. The first-order chi connectivity index (χ1) is 14.4. The lowest BCUT2D eigenvalue weighted by Gasteiger charge is -2.11. The van der Waals surface area contributed by atoms with Gasteiger partial charge in [-0.1, -0.05) is 30.3 Å². The van der Waals surface area contributed by atoms with Crippen molar-refractivity contribution in [3.8, 4) is 0 Å². The zero-order valence-electron chi connectivity index (χ0n) is 16.3. The number of thioether (sulfide) groups is 1. The summed E-state index contributed by atoms with van der Waals surface area (Å²) in [7, 11) is -3.71. The van der Waals surface area contributed by atoms with Crippen molar-refractivity contribution in [2.24, 2.45) is 5.14 Å². The molecule has 30 heavy (non-hydrogen) atoms. The standard InChI is InChI=1S/C21H21N5O2S2/c1-29-18-5-3-2-4-15(18)13-24-21-20-17(10-11-23-20)25-19(26-21)12-14-6-8-16(9-7-14)30(22,27)28/h2-11,23H,12-13H2,1H3,(H2,22,27,28)(H,24,25,26). The lowest BCUT2D eigenvalue weighted by molar-refractivity contribution is 0.598. The summed E-state index contributed by atoms with van der Waals surface area (Å²) < 4.78 is 22.9. The summed E-state index contributed by atoms with van der Waals surface area (Å²) in [6, 6.07) is 16.6. The molecule has 0 aliphatic heterocycles. The summed E-state index contributed by atoms with van der Waals surface area (Å²) in [6.07, 6.45) is 4.37. The van der Waals surface area contributed by atoms with Crippen LogP contribution in [0.4, 0.5) is 5.82 Å². The lowest BCUT2D eigenvalue weighted by Crippen LogP contribution is -2.12. The van der Waals surface area contributed by atoms with Gasteiger partial charge in [0.15, 0.2) is 5.82 Å². The van der Waals surface area contributed by atoms with Gasteiger partial charge in [0.1, 0.15) is 11.3 Å². The maximum Gasteiger partial charge on any atom is 0.238 e. The Morgan fingerprint density at radius 2 is 1.83 bits per heavy atom. The van der Waals surface area contributed by atoms with Gasteiger partial charge in [0, 0.05) is 24.1 Å². The molecule has 0 radical (unpaired) electrons. The van der Waals surface area contributed by atoms with Gasteiger partial charge < -0.3 is 10.3 Å². The third kappa shape index (κ3) is 4.48. The van der Waals surface area contributed by atoms with Gasteiger partial charge in [-0.05, 0) is 41.6 Å². The molecule has 4 N–H and O–H groups in total. The predicted molar refractivity (Wildman–Crippen MR) is 120 cm³/mol. The van der Waals surface area contributed by atoms with Crippen molar-refractivity contribution in [3.63, 3.8) is 0 Å². The zero-order chi connectivity index (χ0) is 21.1. The van der Waals surface area contributed by atoms with Crippen molar-refractivity contribution in [1.82, 2.24) is 15.0 Å². The van der Waals surface area contributed by atoms with Crippen molar-refractivity contribution < 1.29 is 8.42 Å². The number of nitrogens with zero attached hydrogens (tertiary/aromatic N) is 2. The quantitative estimate of drug-likeness (QED) is 0.380. The van der Waals surface area contributed by atoms with Crippen LogP contribution in [0.2, 0.25) is 0 Å². The van der Waals surface area contributed by atoms with Gasteiger partial charge in [0.2, 0.25) is 10.0 Å². The van der Waals surface area contributed by atoms with Crippen LogP contribution in [0, 0.1) is 0 Å². The van der Waals surface area contributed by atoms with Gasteiger partial charge in [0.25, 0.3) is 0 Å². The second-order valence-corrected chi connectivity index (χ2v) is 9.17. The highest BCUT2D eigenvalue weighted by Crippen LogP contribution is 2.24. The number of fused-ring (bicyclic) bond motifs is 1. The molecule has 2 heterocycles. The van der Waals surface area contributed by atoms with Crippen molar-refractivity contribution in [2.75, 3.05) is 11.6 Å². The number of nitrogens with two attached hydrogens (primary N) is 1. The molecule has 9 heteroatoms. The maximum absolute atomic E-state index is 11.4. The number of hydrogen-bond acceptors (Lipinski definition) is 6. The number of aromatic nitrogens is 3. The number of H-pyrrole nitrogens is 1. The van der Waals surface area contributed by atoms with Crippen LogP contribution >= 0.6 is 11.8 Å². The Bertz CT molecular complexity index is 1280. The van der Waals surface area contributed by atoms with Crippen LogP contribution in [0.15, 0.2) is 70.6 Å². The second-order valence-electron chi connectivity index (χ2n) is 6.76. The molecule has 0 atom stereocenters. The summed E-state index contributed by atoms with van der Waals surface area (Å²) in [6.45, 7) is 0.643. The second kappa shape index (κ2) is 8.47. The molecule has 0 aliphatic rings. The van der Waals surface area contributed by atoms with Gasteiger partial charge in [-0.25, -0.2) is 23.5 Å². The fourth-order valence-corrected chi connectivity index (χ4v) is 4.34. The zero-order valence-corrected chi connectivity index (χ0v) is 17.9. The number of aromatic amines is 1. The molecule has 0 bridgehead atoms. The number of sulfonamides is 1. The number of benzene rings is 2. The number of primary sulfonamides is 1. The normalized spacial score (nSPS) is 11.7. The van der Waals surface area contributed by atoms with Crippen LogP contribution in [0.5, 0.6) is 0 Å². The van der Waals surface area contributed by atoms with E-state index in [0.29, 0.717) is 18.8 Å². The van der Waals surface area contributed by atoms with Crippen LogP contribution in [-0.4, -0.2) is 29.6 Å². The van der Waals surface area contributed by atoms with Crippen LogP contribution in [-0.2, 0) is 23.0 Å². The first-order valence-corrected chi connectivity index (χ1v) is 12.0. The Morgan fingerprint density at radius 3 is 2.57 bits per heavy atom. The van der Waals surface area contributed by atoms with E-state index in [-0.39, 0.29) is 4.90 Å². The first kappa shape index (κ1) is 20.4. The maximum atomic E-state index is 11.4. The smallest absolute Gasteiger partial charge is 0.238 e. The molecule has 0 amide bonds. The van der Waals surface area contributed by atoms with E-state index in [2.05, 4.69) is 33.7 Å². The molecular weight excluding hydrogens is 418 g/mol. The van der Waals surface area contributed by atoms with E-state index >= 15 is 0 Å².